The molecule has 2 rings (SSSR count). The number of benzene rings is 1. The Labute approximate surface area is 139 Å². The molecule has 0 saturated carbocycles. The number of piperidine rings is 1. The molecule has 0 aromatic heterocycles. The van der Waals surface area contributed by atoms with Gasteiger partial charge in [0.25, 0.3) is 0 Å². The van der Waals surface area contributed by atoms with Gasteiger partial charge in [0.15, 0.2) is 0 Å². The summed E-state index contributed by atoms with van der Waals surface area (Å²) in [6, 6.07) is 5.15. The summed E-state index contributed by atoms with van der Waals surface area (Å²) in [5.74, 6) is -1.76. The highest BCUT2D eigenvalue weighted by Gasteiger charge is 2.24. The van der Waals surface area contributed by atoms with Crippen molar-refractivity contribution in [3.63, 3.8) is 0 Å². The molecule has 1 aromatic carbocycles. The molecule has 8 heteroatoms. The molecule has 3 amide bonds. The highest BCUT2D eigenvalue weighted by molar-refractivity contribution is 6.39. The van der Waals surface area contributed by atoms with Crippen LogP contribution in [0.15, 0.2) is 24.3 Å². The summed E-state index contributed by atoms with van der Waals surface area (Å²) in [5.41, 5.74) is 0.350. The Hall–Kier alpha value is -2.64. The van der Waals surface area contributed by atoms with Gasteiger partial charge in [-0.2, -0.15) is 0 Å². The van der Waals surface area contributed by atoms with Gasteiger partial charge in [0.2, 0.25) is 0 Å². The van der Waals surface area contributed by atoms with Gasteiger partial charge in [-0.1, -0.05) is 0 Å². The molecule has 0 atom stereocenters. The number of anilines is 1. The molecule has 1 aliphatic heterocycles. The van der Waals surface area contributed by atoms with Crippen LogP contribution in [0.25, 0.3) is 0 Å². The maximum atomic E-state index is 12.8. The van der Waals surface area contributed by atoms with Crippen molar-refractivity contribution in [2.45, 2.75) is 12.8 Å². The van der Waals surface area contributed by atoms with Gasteiger partial charge in [-0.3, -0.25) is 9.59 Å². The Balaban J connectivity index is 1.72. The minimum absolute atomic E-state index is 0.202. The van der Waals surface area contributed by atoms with E-state index in [1.54, 1.807) is 4.90 Å². The van der Waals surface area contributed by atoms with Crippen molar-refractivity contribution < 1.29 is 23.5 Å². The van der Waals surface area contributed by atoms with Crippen LogP contribution in [0.1, 0.15) is 12.8 Å². The van der Waals surface area contributed by atoms with Crippen molar-refractivity contribution in [3.05, 3.63) is 30.1 Å². The third-order valence-electron chi connectivity index (χ3n) is 3.91. The summed E-state index contributed by atoms with van der Waals surface area (Å²) in [6.45, 7) is 1.49. The SMILES string of the molecule is COC(=O)N1CCC(CNC(=O)C(=O)Nc2ccc(F)cc2)CC1. The fraction of sp³-hybridized carbons (Fsp3) is 0.438. The molecule has 1 saturated heterocycles. The Morgan fingerprint density at radius 2 is 1.79 bits per heavy atom. The van der Waals surface area contributed by atoms with E-state index in [1.165, 1.54) is 31.4 Å². The van der Waals surface area contributed by atoms with Crippen molar-refractivity contribution >= 4 is 23.6 Å². The van der Waals surface area contributed by atoms with Crippen LogP contribution in [0.4, 0.5) is 14.9 Å². The van der Waals surface area contributed by atoms with Crippen molar-refractivity contribution in [3.8, 4) is 0 Å². The predicted octanol–water partition coefficient (Wildman–Crippen LogP) is 1.36. The maximum Gasteiger partial charge on any atom is 0.409 e. The summed E-state index contributed by atoms with van der Waals surface area (Å²) in [6.07, 6.45) is 1.11. The van der Waals surface area contributed by atoms with Gasteiger partial charge in [-0.25, -0.2) is 9.18 Å². The first-order chi connectivity index (χ1) is 11.5. The number of likely N-dealkylation sites (tertiary alicyclic amines) is 1. The minimum Gasteiger partial charge on any atom is -0.453 e. The molecule has 130 valence electrons. The van der Waals surface area contributed by atoms with E-state index in [-0.39, 0.29) is 12.0 Å². The highest BCUT2D eigenvalue weighted by atomic mass is 19.1. The normalized spacial score (nSPS) is 14.8. The van der Waals surface area contributed by atoms with Gasteiger partial charge in [0.05, 0.1) is 7.11 Å². The Bertz CT molecular complexity index is 598. The first kappa shape index (κ1) is 17.7. The van der Waals surface area contributed by atoms with E-state index in [2.05, 4.69) is 15.4 Å². The lowest BCUT2D eigenvalue weighted by Gasteiger charge is -2.30. The van der Waals surface area contributed by atoms with Crippen LogP contribution in [0.5, 0.6) is 0 Å². The Morgan fingerprint density at radius 1 is 1.17 bits per heavy atom. The van der Waals surface area contributed by atoms with E-state index < -0.39 is 17.6 Å². The topological polar surface area (TPSA) is 87.7 Å². The number of carbonyl (C=O) groups is 3. The zero-order valence-corrected chi connectivity index (χ0v) is 13.4. The molecule has 1 fully saturated rings. The molecule has 0 unspecified atom stereocenters. The third kappa shape index (κ3) is 4.94. The van der Waals surface area contributed by atoms with Crippen LogP contribution in [-0.4, -0.2) is 49.6 Å². The number of hydrogen-bond donors (Lipinski definition) is 2. The van der Waals surface area contributed by atoms with Gasteiger partial charge in [0, 0.05) is 25.3 Å². The summed E-state index contributed by atoms with van der Waals surface area (Å²) in [5, 5.41) is 4.98. The molecule has 1 heterocycles. The van der Waals surface area contributed by atoms with Crippen LogP contribution in [0, 0.1) is 11.7 Å². The number of nitrogens with zero attached hydrogens (tertiary/aromatic N) is 1. The quantitative estimate of drug-likeness (QED) is 0.815. The van der Waals surface area contributed by atoms with E-state index in [0.717, 1.165) is 12.8 Å². The molecule has 1 aliphatic rings. The second-order valence-electron chi connectivity index (χ2n) is 5.57. The Kier molecular flexibility index (Phi) is 6.11. The fourth-order valence-corrected chi connectivity index (χ4v) is 2.49. The van der Waals surface area contributed by atoms with Crippen LogP contribution in [0.3, 0.4) is 0 Å². The first-order valence-corrected chi connectivity index (χ1v) is 7.67. The lowest BCUT2D eigenvalue weighted by Crippen LogP contribution is -2.43. The standard InChI is InChI=1S/C16H20FN3O4/c1-24-16(23)20-8-6-11(7-9-20)10-18-14(21)15(22)19-13-4-2-12(17)3-5-13/h2-5,11H,6-10H2,1H3,(H,18,21)(H,19,22). The van der Waals surface area contributed by atoms with E-state index >= 15 is 0 Å². The van der Waals surface area contributed by atoms with Gasteiger partial charge in [0.1, 0.15) is 5.82 Å². The smallest absolute Gasteiger partial charge is 0.409 e. The van der Waals surface area contributed by atoms with Crippen molar-refractivity contribution in [1.29, 1.82) is 0 Å². The van der Waals surface area contributed by atoms with E-state index in [0.29, 0.717) is 25.3 Å². The lowest BCUT2D eigenvalue weighted by molar-refractivity contribution is -0.136. The second kappa shape index (κ2) is 8.28. The zero-order valence-electron chi connectivity index (χ0n) is 13.4. The number of carbonyl (C=O) groups excluding carboxylic acids is 3. The Morgan fingerprint density at radius 3 is 2.38 bits per heavy atom. The molecule has 0 spiro atoms. The molecule has 0 aliphatic carbocycles. The average molecular weight is 337 g/mol. The van der Waals surface area contributed by atoms with Crippen LogP contribution in [-0.2, 0) is 14.3 Å². The van der Waals surface area contributed by atoms with Crippen molar-refractivity contribution in [1.82, 2.24) is 10.2 Å². The van der Waals surface area contributed by atoms with Crippen LogP contribution < -0.4 is 10.6 Å². The van der Waals surface area contributed by atoms with Gasteiger partial charge in [-0.15, -0.1) is 0 Å². The molecule has 0 bridgehead atoms. The minimum atomic E-state index is -0.798. The number of halogens is 1. The van der Waals surface area contributed by atoms with Gasteiger partial charge < -0.3 is 20.3 Å². The summed E-state index contributed by atoms with van der Waals surface area (Å²) < 4.78 is 17.4. The van der Waals surface area contributed by atoms with Crippen molar-refractivity contribution in [2.24, 2.45) is 5.92 Å². The number of rotatable bonds is 3. The zero-order chi connectivity index (χ0) is 17.5. The molecule has 2 N–H and O–H groups in total. The molecule has 0 radical (unpaired) electrons. The second-order valence-corrected chi connectivity index (χ2v) is 5.57. The highest BCUT2D eigenvalue weighted by Crippen LogP contribution is 2.17. The molecular weight excluding hydrogens is 317 g/mol. The van der Waals surface area contributed by atoms with Gasteiger partial charge >= 0.3 is 17.9 Å². The summed E-state index contributed by atoms with van der Waals surface area (Å²) >= 11 is 0. The maximum absolute atomic E-state index is 12.8. The van der Waals surface area contributed by atoms with Crippen molar-refractivity contribution in [2.75, 3.05) is 32.1 Å². The number of ether oxygens (including phenoxy) is 1. The lowest BCUT2D eigenvalue weighted by atomic mass is 9.97. The van der Waals surface area contributed by atoms with Gasteiger partial charge in [-0.05, 0) is 43.0 Å². The van der Waals surface area contributed by atoms with Crippen LogP contribution >= 0.6 is 0 Å². The monoisotopic (exact) mass is 337 g/mol. The molecule has 24 heavy (non-hydrogen) atoms. The van der Waals surface area contributed by atoms with Crippen LogP contribution in [0.2, 0.25) is 0 Å². The third-order valence-corrected chi connectivity index (χ3v) is 3.91. The average Bonchev–Trinajstić information content (AvgIpc) is 2.61. The van der Waals surface area contributed by atoms with E-state index in [4.69, 9.17) is 0 Å². The molecule has 1 aromatic rings. The number of methoxy groups -OCH3 is 1. The number of amides is 3. The fourth-order valence-electron chi connectivity index (χ4n) is 2.49. The largest absolute Gasteiger partial charge is 0.453 e. The molecular formula is C16H20FN3O4. The number of hydrogen-bond acceptors (Lipinski definition) is 4. The predicted molar refractivity (Wildman–Crippen MR) is 84.7 cm³/mol. The summed E-state index contributed by atoms with van der Waals surface area (Å²) in [4.78, 5) is 36.5. The first-order valence-electron chi connectivity index (χ1n) is 7.67. The van der Waals surface area contributed by atoms with E-state index in [9.17, 15) is 18.8 Å². The molecule has 7 nitrogen and oxygen atoms in total. The number of nitrogens with one attached hydrogen (secondary N) is 2. The van der Waals surface area contributed by atoms with E-state index in [1.807, 2.05) is 0 Å². The summed E-state index contributed by atoms with van der Waals surface area (Å²) in [7, 11) is 1.34.